The van der Waals surface area contributed by atoms with Gasteiger partial charge in [0.1, 0.15) is 18.5 Å². The highest BCUT2D eigenvalue weighted by molar-refractivity contribution is 5.02. The molecule has 3 atom stereocenters. The maximum absolute atomic E-state index is 13.4. The minimum Gasteiger partial charge on any atom is -0.394 e. The number of nitrogens with zero attached hydrogens (tertiary/aromatic N) is 1. The standard InChI is InChI=1S/C10H13FN2O4/c1-5-3-13(10(16)12-9(5)15)8-2-6(11)7(4-14)17-8/h3,6-8,14H,2,4H2,1H3,(H,12,15,16)/t6-,7+,8+/m0/s1/i11-6. The van der Waals surface area contributed by atoms with E-state index in [1.54, 1.807) is 6.92 Å². The summed E-state index contributed by atoms with van der Waals surface area (Å²) in [5.74, 6) is 0. The van der Waals surface area contributed by atoms with Crippen LogP contribution in [0.5, 0.6) is 0 Å². The van der Waals surface area contributed by atoms with Crippen molar-refractivity contribution in [3.63, 3.8) is 0 Å². The molecule has 2 N–H and O–H groups in total. The normalized spacial score (nSPS) is 28.5. The maximum atomic E-state index is 13.4. The molecule has 1 aromatic rings. The first-order chi connectivity index (χ1) is 8.02. The van der Waals surface area contributed by atoms with Gasteiger partial charge in [-0.1, -0.05) is 0 Å². The number of halogens is 1. The molecule has 1 aromatic heterocycles. The van der Waals surface area contributed by atoms with Gasteiger partial charge >= 0.3 is 5.69 Å². The van der Waals surface area contributed by atoms with E-state index >= 15 is 0 Å². The lowest BCUT2D eigenvalue weighted by Gasteiger charge is -2.14. The summed E-state index contributed by atoms with van der Waals surface area (Å²) in [4.78, 5) is 24.8. The molecule has 0 saturated carbocycles. The molecule has 6 nitrogen and oxygen atoms in total. The molecule has 0 bridgehead atoms. The average Bonchev–Trinajstić information content (AvgIpc) is 2.65. The smallest absolute Gasteiger partial charge is 0.330 e. The van der Waals surface area contributed by atoms with Gasteiger partial charge in [-0.25, -0.2) is 9.18 Å². The summed E-state index contributed by atoms with van der Waals surface area (Å²) in [6, 6.07) is 0. The molecule has 0 unspecified atom stereocenters. The molecule has 0 spiro atoms. The zero-order chi connectivity index (χ0) is 12.6. The Kier molecular flexibility index (Phi) is 3.12. The number of aryl methyl sites for hydroxylation is 1. The molecule has 0 aromatic carbocycles. The Labute approximate surface area is 95.7 Å². The van der Waals surface area contributed by atoms with Gasteiger partial charge in [-0.2, -0.15) is 0 Å². The Morgan fingerprint density at radius 1 is 1.65 bits per heavy atom. The van der Waals surface area contributed by atoms with Gasteiger partial charge in [0.25, 0.3) is 5.56 Å². The fourth-order valence-corrected chi connectivity index (χ4v) is 1.82. The highest BCUT2D eigenvalue weighted by Crippen LogP contribution is 2.29. The van der Waals surface area contributed by atoms with Crippen LogP contribution < -0.4 is 11.2 Å². The van der Waals surface area contributed by atoms with Crippen LogP contribution in [0.4, 0.5) is 4.39 Å². The van der Waals surface area contributed by atoms with Crippen LogP contribution in [-0.2, 0) is 4.74 Å². The number of rotatable bonds is 2. The van der Waals surface area contributed by atoms with Gasteiger partial charge in [-0.15, -0.1) is 0 Å². The number of hydrogen-bond donors (Lipinski definition) is 2. The summed E-state index contributed by atoms with van der Waals surface area (Å²) >= 11 is 0. The number of aliphatic hydroxyl groups excluding tert-OH is 1. The number of aromatic amines is 1. The first-order valence-electron chi connectivity index (χ1n) is 5.25. The monoisotopic (exact) mass is 238 g/mol. The van der Waals surface area contributed by atoms with Gasteiger partial charge in [-0.05, 0) is 6.92 Å². The van der Waals surface area contributed by atoms with Gasteiger partial charge in [0.15, 0.2) is 0 Å². The minimum atomic E-state index is -1.32. The third-order valence-electron chi connectivity index (χ3n) is 2.80. The van der Waals surface area contributed by atoms with Crippen LogP contribution in [0.2, 0.25) is 0 Å². The lowest BCUT2D eigenvalue weighted by Crippen LogP contribution is -2.33. The molecule has 0 aliphatic carbocycles. The molecule has 1 aliphatic heterocycles. The summed E-state index contributed by atoms with van der Waals surface area (Å²) in [6.07, 6.45) is -1.71. The van der Waals surface area contributed by atoms with Crippen molar-refractivity contribution in [1.29, 1.82) is 0 Å². The van der Waals surface area contributed by atoms with Crippen LogP contribution in [0.1, 0.15) is 18.2 Å². The molecule has 2 rings (SSSR count). The molecular formula is C10H13FN2O4. The Hall–Kier alpha value is -1.47. The Morgan fingerprint density at radius 2 is 2.35 bits per heavy atom. The summed E-state index contributed by atoms with van der Waals surface area (Å²) < 4.78 is 19.7. The third-order valence-corrected chi connectivity index (χ3v) is 2.80. The molecule has 0 amide bonds. The average molecular weight is 238 g/mol. The van der Waals surface area contributed by atoms with E-state index in [0.717, 1.165) is 4.57 Å². The maximum Gasteiger partial charge on any atom is 0.330 e. The summed E-state index contributed by atoms with van der Waals surface area (Å²) in [6.45, 7) is 1.11. The molecule has 94 valence electrons. The van der Waals surface area contributed by atoms with Crippen LogP contribution in [0.3, 0.4) is 0 Å². The highest BCUT2D eigenvalue weighted by atomic mass is 16.5. The first kappa shape index (κ1) is 12.0. The van der Waals surface area contributed by atoms with Crippen LogP contribution in [-0.4, -0.2) is 33.5 Å². The molecule has 0 radical (unpaired) electrons. The van der Waals surface area contributed by atoms with Crippen LogP contribution in [0.25, 0.3) is 0 Å². The van der Waals surface area contributed by atoms with Crippen molar-refractivity contribution in [3.8, 4) is 0 Å². The molecule has 1 saturated heterocycles. The van der Waals surface area contributed by atoms with Crippen molar-refractivity contribution in [3.05, 3.63) is 32.6 Å². The van der Waals surface area contributed by atoms with Gasteiger partial charge in [0, 0.05) is 18.2 Å². The number of nitrogens with one attached hydrogen (secondary N) is 1. The summed E-state index contributed by atoms with van der Waals surface area (Å²) in [5, 5.41) is 8.86. The van der Waals surface area contributed by atoms with E-state index in [1.807, 2.05) is 0 Å². The van der Waals surface area contributed by atoms with Gasteiger partial charge in [0.2, 0.25) is 0 Å². The number of hydrogen-bond acceptors (Lipinski definition) is 4. The van der Waals surface area contributed by atoms with Gasteiger partial charge in [0.05, 0.1) is 6.61 Å². The lowest BCUT2D eigenvalue weighted by atomic mass is 10.1. The number of alkyl halides is 1. The van der Waals surface area contributed by atoms with E-state index in [9.17, 15) is 14.0 Å². The predicted molar refractivity (Wildman–Crippen MR) is 56.6 cm³/mol. The van der Waals surface area contributed by atoms with Crippen LogP contribution in [0, 0.1) is 6.92 Å². The third kappa shape index (κ3) is 2.16. The quantitative estimate of drug-likeness (QED) is 0.725. The van der Waals surface area contributed by atoms with E-state index in [1.165, 1.54) is 6.20 Å². The Balaban J connectivity index is 2.34. The molecule has 1 aliphatic rings. The number of aliphatic hydroxyl groups is 1. The minimum absolute atomic E-state index is 0.0172. The van der Waals surface area contributed by atoms with E-state index in [0.29, 0.717) is 5.56 Å². The zero-order valence-corrected chi connectivity index (χ0v) is 9.22. The van der Waals surface area contributed by atoms with Crippen LogP contribution in [0.15, 0.2) is 15.8 Å². The second kappa shape index (κ2) is 4.42. The SMILES string of the molecule is Cc1cn([C@H]2C[C@H]([13F])[C@@H](CO)O2)c(=O)[nH]c1=O. The van der Waals surface area contributed by atoms with E-state index in [4.69, 9.17) is 9.84 Å². The fourth-order valence-electron chi connectivity index (χ4n) is 1.82. The largest absolute Gasteiger partial charge is 0.394 e. The van der Waals surface area contributed by atoms with E-state index < -0.39 is 36.4 Å². The number of H-pyrrole nitrogens is 1. The number of ether oxygens (including phenoxy) is 1. The van der Waals surface area contributed by atoms with E-state index in [-0.39, 0.29) is 6.42 Å². The van der Waals surface area contributed by atoms with Crippen molar-refractivity contribution >= 4 is 0 Å². The Morgan fingerprint density at radius 3 is 2.94 bits per heavy atom. The first-order valence-corrected chi connectivity index (χ1v) is 5.25. The molecule has 17 heavy (non-hydrogen) atoms. The predicted octanol–water partition coefficient (Wildman–Crippen LogP) is -0.537. The second-order valence-electron chi connectivity index (χ2n) is 4.04. The second-order valence-corrected chi connectivity index (χ2v) is 4.04. The fraction of sp³-hybridized carbons (Fsp3) is 0.600. The molecular weight excluding hydrogens is 225 g/mol. The van der Waals surface area contributed by atoms with Crippen molar-refractivity contribution in [2.75, 3.05) is 6.61 Å². The van der Waals surface area contributed by atoms with Crippen molar-refractivity contribution in [2.45, 2.75) is 31.8 Å². The molecule has 1 fully saturated rings. The molecule has 2 heterocycles. The van der Waals surface area contributed by atoms with E-state index in [2.05, 4.69) is 4.98 Å². The number of aromatic nitrogens is 2. The summed E-state index contributed by atoms with van der Waals surface area (Å²) in [5.41, 5.74) is -0.771. The van der Waals surface area contributed by atoms with Crippen molar-refractivity contribution in [1.82, 2.24) is 9.55 Å². The van der Waals surface area contributed by atoms with Gasteiger partial charge < -0.3 is 9.84 Å². The zero-order valence-electron chi connectivity index (χ0n) is 9.22. The van der Waals surface area contributed by atoms with Gasteiger partial charge in [-0.3, -0.25) is 14.3 Å². The van der Waals surface area contributed by atoms with Crippen LogP contribution >= 0.6 is 0 Å². The highest BCUT2D eigenvalue weighted by Gasteiger charge is 2.36. The summed E-state index contributed by atoms with van der Waals surface area (Å²) in [7, 11) is 0. The Bertz CT molecular complexity index is 524. The van der Waals surface area contributed by atoms with Crippen molar-refractivity contribution in [2.24, 2.45) is 0 Å². The molecule has 7 heteroatoms. The topological polar surface area (TPSA) is 84.3 Å². The van der Waals surface area contributed by atoms with Crippen molar-refractivity contribution < 1.29 is 14.2 Å². The lowest BCUT2D eigenvalue weighted by molar-refractivity contribution is -0.0356.